The number of aliphatic hydroxyl groups excluding tert-OH is 1. The van der Waals surface area contributed by atoms with E-state index in [-0.39, 0.29) is 22.6 Å². The number of benzene rings is 3. The highest BCUT2D eigenvalue weighted by molar-refractivity contribution is 6.51. The van der Waals surface area contributed by atoms with Crippen LogP contribution in [0.4, 0.5) is 5.69 Å². The minimum Gasteiger partial charge on any atom is -0.507 e. The molecule has 0 aromatic heterocycles. The number of methoxy groups -OCH3 is 3. The van der Waals surface area contributed by atoms with Crippen molar-refractivity contribution >= 4 is 23.1 Å². The molecule has 1 N–H and O–H groups in total. The van der Waals surface area contributed by atoms with Gasteiger partial charge in [-0.3, -0.25) is 14.5 Å². The highest BCUT2D eigenvalue weighted by Crippen LogP contribution is 2.46. The first-order valence-electron chi connectivity index (χ1n) is 11.5. The summed E-state index contributed by atoms with van der Waals surface area (Å²) in [5.74, 6) is 0.343. The molecule has 190 valence electrons. The quantitative estimate of drug-likeness (QED) is 0.305. The Morgan fingerprint density at radius 3 is 2.32 bits per heavy atom. The number of ether oxygens (including phenoxy) is 5. The summed E-state index contributed by atoms with van der Waals surface area (Å²) >= 11 is 0. The molecule has 1 saturated heterocycles. The molecule has 3 aromatic carbocycles. The van der Waals surface area contributed by atoms with E-state index in [1.165, 1.54) is 26.2 Å². The van der Waals surface area contributed by atoms with Gasteiger partial charge in [0.1, 0.15) is 36.2 Å². The molecule has 9 heteroatoms. The maximum atomic E-state index is 13.5. The van der Waals surface area contributed by atoms with Gasteiger partial charge in [0.2, 0.25) is 0 Å². The monoisotopic (exact) mass is 503 g/mol. The Morgan fingerprint density at radius 2 is 1.59 bits per heavy atom. The number of rotatable bonds is 6. The summed E-state index contributed by atoms with van der Waals surface area (Å²) in [7, 11) is 4.48. The van der Waals surface area contributed by atoms with Crippen molar-refractivity contribution in [3.63, 3.8) is 0 Å². The summed E-state index contributed by atoms with van der Waals surface area (Å²) in [6.45, 7) is 0.788. The van der Waals surface area contributed by atoms with Crippen LogP contribution >= 0.6 is 0 Å². The molecule has 3 aromatic rings. The topological polar surface area (TPSA) is 104 Å². The van der Waals surface area contributed by atoms with Gasteiger partial charge in [-0.2, -0.15) is 0 Å². The Bertz CT molecular complexity index is 1410. The van der Waals surface area contributed by atoms with E-state index in [1.807, 2.05) is 0 Å². The average Bonchev–Trinajstić information content (AvgIpc) is 3.21. The van der Waals surface area contributed by atoms with Gasteiger partial charge in [0.05, 0.1) is 38.5 Å². The molecule has 5 rings (SSSR count). The third-order valence-electron chi connectivity index (χ3n) is 6.32. The number of carbonyl (C=O) groups excluding carboxylic acids is 2. The lowest BCUT2D eigenvalue weighted by atomic mass is 9.94. The standard InChI is InChI=1S/C28H25NO8/c1-33-18-6-4-5-16(13-18)25-24(26(30)20-9-8-19(34-2)15-22(20)35-3)27(31)28(32)29(25)17-7-10-21-23(14-17)37-12-11-36-21/h4-10,13-15,25,30H,11-12H2,1-3H3/b26-24+. The third kappa shape index (κ3) is 4.18. The van der Waals surface area contributed by atoms with Gasteiger partial charge in [0, 0.05) is 17.8 Å². The van der Waals surface area contributed by atoms with Crippen molar-refractivity contribution in [1.29, 1.82) is 0 Å². The molecule has 0 radical (unpaired) electrons. The van der Waals surface area contributed by atoms with Crippen LogP contribution in [-0.4, -0.2) is 51.3 Å². The van der Waals surface area contributed by atoms with E-state index in [4.69, 9.17) is 23.7 Å². The molecule has 0 aliphatic carbocycles. The van der Waals surface area contributed by atoms with Gasteiger partial charge < -0.3 is 28.8 Å². The summed E-state index contributed by atoms with van der Waals surface area (Å²) in [5.41, 5.74) is 1.15. The Labute approximate surface area is 213 Å². The van der Waals surface area contributed by atoms with E-state index in [2.05, 4.69) is 0 Å². The van der Waals surface area contributed by atoms with Crippen molar-refractivity contribution in [1.82, 2.24) is 0 Å². The highest BCUT2D eigenvalue weighted by Gasteiger charge is 2.47. The smallest absolute Gasteiger partial charge is 0.300 e. The maximum absolute atomic E-state index is 13.5. The van der Waals surface area contributed by atoms with Crippen molar-refractivity contribution < 1.29 is 38.4 Å². The number of carbonyl (C=O) groups is 2. The number of anilines is 1. The summed E-state index contributed by atoms with van der Waals surface area (Å²) < 4.78 is 27.4. The fourth-order valence-corrected chi connectivity index (χ4v) is 4.55. The Hall–Kier alpha value is -4.66. The number of amides is 1. The van der Waals surface area contributed by atoms with E-state index in [1.54, 1.807) is 60.7 Å². The summed E-state index contributed by atoms with van der Waals surface area (Å²) in [6, 6.07) is 15.9. The van der Waals surface area contributed by atoms with Gasteiger partial charge >= 0.3 is 0 Å². The van der Waals surface area contributed by atoms with Gasteiger partial charge in [-0.05, 0) is 42.0 Å². The van der Waals surface area contributed by atoms with E-state index in [9.17, 15) is 14.7 Å². The van der Waals surface area contributed by atoms with E-state index >= 15 is 0 Å². The lowest BCUT2D eigenvalue weighted by molar-refractivity contribution is -0.132. The van der Waals surface area contributed by atoms with Crippen LogP contribution in [-0.2, 0) is 9.59 Å². The predicted octanol–water partition coefficient (Wildman–Crippen LogP) is 4.11. The van der Waals surface area contributed by atoms with Crippen molar-refractivity contribution in [2.45, 2.75) is 6.04 Å². The van der Waals surface area contributed by atoms with E-state index in [0.717, 1.165) is 0 Å². The molecule has 9 nitrogen and oxygen atoms in total. The number of ketones is 1. The number of fused-ring (bicyclic) bond motifs is 1. The third-order valence-corrected chi connectivity index (χ3v) is 6.32. The molecule has 1 atom stereocenters. The summed E-state index contributed by atoms with van der Waals surface area (Å²) in [6.07, 6.45) is 0. The molecular weight excluding hydrogens is 478 g/mol. The molecule has 0 spiro atoms. The van der Waals surface area contributed by atoms with E-state index in [0.29, 0.717) is 47.5 Å². The van der Waals surface area contributed by atoms with Crippen LogP contribution in [0.25, 0.3) is 5.76 Å². The zero-order valence-electron chi connectivity index (χ0n) is 20.5. The molecule has 0 saturated carbocycles. The van der Waals surface area contributed by atoms with Crippen molar-refractivity contribution in [2.75, 3.05) is 39.4 Å². The van der Waals surface area contributed by atoms with Gasteiger partial charge in [-0.25, -0.2) is 0 Å². The molecule has 2 heterocycles. The van der Waals surface area contributed by atoms with Crippen molar-refractivity contribution in [3.8, 4) is 28.7 Å². The van der Waals surface area contributed by atoms with Gasteiger partial charge in [-0.1, -0.05) is 12.1 Å². The second-order valence-electron chi connectivity index (χ2n) is 8.34. The molecule has 1 fully saturated rings. The van der Waals surface area contributed by atoms with Crippen molar-refractivity contribution in [3.05, 3.63) is 77.4 Å². The second-order valence-corrected chi connectivity index (χ2v) is 8.34. The molecule has 1 unspecified atom stereocenters. The number of nitrogens with zero attached hydrogens (tertiary/aromatic N) is 1. The van der Waals surface area contributed by atoms with Crippen LogP contribution < -0.4 is 28.6 Å². The SMILES string of the molecule is COc1cccc(C2/C(=C(\O)c3ccc(OC)cc3OC)C(=O)C(=O)N2c2ccc3c(c2)OCCO3)c1. The van der Waals surface area contributed by atoms with Gasteiger partial charge in [-0.15, -0.1) is 0 Å². The first kappa shape index (κ1) is 24.1. The van der Waals surface area contributed by atoms with Crippen LogP contribution in [0.5, 0.6) is 28.7 Å². The van der Waals surface area contributed by atoms with Crippen LogP contribution in [0.3, 0.4) is 0 Å². The maximum Gasteiger partial charge on any atom is 0.300 e. The lowest BCUT2D eigenvalue weighted by Crippen LogP contribution is -2.29. The molecule has 1 amide bonds. The number of hydrogen-bond donors (Lipinski definition) is 1. The normalized spacial score (nSPS) is 18.0. The predicted molar refractivity (Wildman–Crippen MR) is 135 cm³/mol. The first-order chi connectivity index (χ1) is 18.0. The molecule has 37 heavy (non-hydrogen) atoms. The van der Waals surface area contributed by atoms with E-state index < -0.39 is 17.7 Å². The highest BCUT2D eigenvalue weighted by atomic mass is 16.6. The Kier molecular flexibility index (Phi) is 6.35. The largest absolute Gasteiger partial charge is 0.507 e. The lowest BCUT2D eigenvalue weighted by Gasteiger charge is -2.27. The molecule has 0 bridgehead atoms. The first-order valence-corrected chi connectivity index (χ1v) is 11.5. The minimum atomic E-state index is -0.954. The van der Waals surface area contributed by atoms with Crippen LogP contribution in [0.1, 0.15) is 17.2 Å². The Morgan fingerprint density at radius 1 is 0.865 bits per heavy atom. The Balaban J connectivity index is 1.72. The zero-order chi connectivity index (χ0) is 26.1. The summed E-state index contributed by atoms with van der Waals surface area (Å²) in [4.78, 5) is 28.3. The minimum absolute atomic E-state index is 0.0865. The fourth-order valence-electron chi connectivity index (χ4n) is 4.55. The number of aliphatic hydroxyl groups is 1. The molecular formula is C28H25NO8. The zero-order valence-corrected chi connectivity index (χ0v) is 20.5. The van der Waals surface area contributed by atoms with Crippen molar-refractivity contribution in [2.24, 2.45) is 0 Å². The molecule has 2 aliphatic rings. The van der Waals surface area contributed by atoms with Gasteiger partial charge in [0.15, 0.2) is 11.5 Å². The fraction of sp³-hybridized carbons (Fsp3) is 0.214. The number of hydrogen-bond acceptors (Lipinski definition) is 8. The summed E-state index contributed by atoms with van der Waals surface area (Å²) in [5, 5.41) is 11.5. The van der Waals surface area contributed by atoms with Crippen LogP contribution in [0.2, 0.25) is 0 Å². The average molecular weight is 504 g/mol. The molecule has 2 aliphatic heterocycles. The van der Waals surface area contributed by atoms with Gasteiger partial charge in [0.25, 0.3) is 11.7 Å². The second kappa shape index (κ2) is 9.77. The van der Waals surface area contributed by atoms with Crippen LogP contribution in [0.15, 0.2) is 66.2 Å². The number of Topliss-reactive ketones (excluding diaryl/α,β-unsaturated/α-hetero) is 1. The van der Waals surface area contributed by atoms with Crippen LogP contribution in [0, 0.1) is 0 Å².